The molecule has 0 radical (unpaired) electrons. The van der Waals surface area contributed by atoms with Gasteiger partial charge in [0.05, 0.1) is 23.9 Å². The van der Waals surface area contributed by atoms with Crippen LogP contribution in [0, 0.1) is 23.2 Å². The van der Waals surface area contributed by atoms with E-state index in [1.165, 1.54) is 6.92 Å². The van der Waals surface area contributed by atoms with E-state index in [-0.39, 0.29) is 13.0 Å². The van der Waals surface area contributed by atoms with Gasteiger partial charge in [-0.25, -0.2) is 0 Å². The molecule has 0 spiro atoms. The maximum atomic E-state index is 12.7. The van der Waals surface area contributed by atoms with E-state index in [0.29, 0.717) is 11.1 Å². The Bertz CT molecular complexity index is 705. The molecule has 0 amide bonds. The molecule has 0 unspecified atom stereocenters. The smallest absolute Gasteiger partial charge is 0.190 e. The monoisotopic (exact) mass is 366 g/mol. The number of ketones is 1. The third-order valence-electron chi connectivity index (χ3n) is 7.64. The lowest BCUT2D eigenvalue weighted by atomic mass is 9.47. The summed E-state index contributed by atoms with van der Waals surface area (Å²) in [5.41, 5.74) is -5.21. The van der Waals surface area contributed by atoms with Gasteiger partial charge in [-0.15, -0.1) is 0 Å². The molecule has 0 heterocycles. The fraction of sp³-hybridized carbons (Fsp3) is 0.750. The van der Waals surface area contributed by atoms with Gasteiger partial charge < -0.3 is 25.5 Å². The van der Waals surface area contributed by atoms with Crippen LogP contribution in [-0.4, -0.2) is 60.8 Å². The SMILES string of the molecule is CC1=C[C@H]2[C@@]3(O)[C@H](C)[C@@H](O)[C@@](C)(O)C(C)(C)[C@@H]3C=C(CO)C[C@]2(O)C1=O. The molecule has 6 nitrogen and oxygen atoms in total. The fourth-order valence-corrected chi connectivity index (χ4v) is 5.52. The van der Waals surface area contributed by atoms with E-state index in [1.807, 2.05) is 0 Å². The molecule has 0 aromatic heterocycles. The number of carbonyl (C=O) groups is 1. The zero-order chi connectivity index (χ0) is 19.9. The molecule has 3 rings (SSSR count). The number of Topliss-reactive ketones (excluding diaryl/α,β-unsaturated/α-hetero) is 1. The van der Waals surface area contributed by atoms with E-state index in [0.717, 1.165) is 0 Å². The molecule has 0 aliphatic heterocycles. The molecule has 0 aromatic carbocycles. The molecule has 0 bridgehead atoms. The Kier molecular flexibility index (Phi) is 4.16. The number of carbonyl (C=O) groups excluding carboxylic acids is 1. The standard InChI is InChI=1S/C20H30O6/c1-10-6-14-19(25,15(10)22)8-12(9-21)7-13-17(3,4)18(5,24)16(23)11(2)20(13,14)26/h6-7,11,13-14,16,21,23-26H,8-9H2,1-5H3/t11-,13+,14-,16-,18-,19-,20-/m1/s1. The first-order valence-electron chi connectivity index (χ1n) is 9.15. The largest absolute Gasteiger partial charge is 0.392 e. The van der Waals surface area contributed by atoms with Crippen molar-refractivity contribution in [1.82, 2.24) is 0 Å². The van der Waals surface area contributed by atoms with Gasteiger partial charge in [0.15, 0.2) is 5.78 Å². The lowest BCUT2D eigenvalue weighted by molar-refractivity contribution is -0.280. The Morgan fingerprint density at radius 1 is 1.12 bits per heavy atom. The van der Waals surface area contributed by atoms with E-state index in [4.69, 9.17) is 0 Å². The van der Waals surface area contributed by atoms with Crippen LogP contribution in [0.2, 0.25) is 0 Å². The fourth-order valence-electron chi connectivity index (χ4n) is 5.52. The highest BCUT2D eigenvalue weighted by Gasteiger charge is 2.71. The van der Waals surface area contributed by atoms with Crippen LogP contribution in [0.1, 0.15) is 41.0 Å². The molecular formula is C20H30O6. The van der Waals surface area contributed by atoms with Crippen LogP contribution < -0.4 is 0 Å². The van der Waals surface area contributed by atoms with Gasteiger partial charge in [0.1, 0.15) is 5.60 Å². The molecular weight excluding hydrogens is 336 g/mol. The second kappa shape index (κ2) is 5.49. The number of fused-ring (bicyclic) bond motifs is 3. The average Bonchev–Trinajstić information content (AvgIpc) is 2.73. The van der Waals surface area contributed by atoms with Gasteiger partial charge in [0.2, 0.25) is 0 Å². The Balaban J connectivity index is 2.31. The van der Waals surface area contributed by atoms with Crippen LogP contribution >= 0.6 is 0 Å². The van der Waals surface area contributed by atoms with E-state index in [2.05, 4.69) is 0 Å². The highest BCUT2D eigenvalue weighted by atomic mass is 16.4. The third-order valence-corrected chi connectivity index (χ3v) is 7.64. The molecule has 0 aromatic rings. The maximum Gasteiger partial charge on any atom is 0.190 e. The first kappa shape index (κ1) is 19.7. The Morgan fingerprint density at radius 2 is 1.69 bits per heavy atom. The maximum absolute atomic E-state index is 12.7. The molecule has 3 aliphatic carbocycles. The number of aliphatic hydroxyl groups excluding tert-OH is 2. The molecule has 6 heteroatoms. The first-order valence-corrected chi connectivity index (χ1v) is 9.15. The van der Waals surface area contributed by atoms with Gasteiger partial charge in [-0.2, -0.15) is 0 Å². The molecule has 1 saturated carbocycles. The van der Waals surface area contributed by atoms with Crippen molar-refractivity contribution in [3.63, 3.8) is 0 Å². The summed E-state index contributed by atoms with van der Waals surface area (Å²) in [6.07, 6.45) is 1.93. The number of rotatable bonds is 1. The first-order chi connectivity index (χ1) is 11.8. The van der Waals surface area contributed by atoms with Crippen LogP contribution in [0.5, 0.6) is 0 Å². The summed E-state index contributed by atoms with van der Waals surface area (Å²) in [5, 5.41) is 54.9. The quantitative estimate of drug-likeness (QED) is 0.427. The average molecular weight is 366 g/mol. The van der Waals surface area contributed by atoms with Crippen molar-refractivity contribution in [2.24, 2.45) is 23.2 Å². The van der Waals surface area contributed by atoms with Gasteiger partial charge in [-0.3, -0.25) is 4.79 Å². The van der Waals surface area contributed by atoms with Crippen molar-refractivity contribution < 1.29 is 30.3 Å². The zero-order valence-electron chi connectivity index (χ0n) is 16.0. The molecule has 3 aliphatic rings. The van der Waals surface area contributed by atoms with Crippen molar-refractivity contribution in [2.75, 3.05) is 6.61 Å². The summed E-state index contributed by atoms with van der Waals surface area (Å²) < 4.78 is 0. The molecule has 7 atom stereocenters. The van der Waals surface area contributed by atoms with Crippen LogP contribution in [0.3, 0.4) is 0 Å². The van der Waals surface area contributed by atoms with Crippen molar-refractivity contribution in [2.45, 2.75) is 63.9 Å². The van der Waals surface area contributed by atoms with Crippen molar-refractivity contribution in [1.29, 1.82) is 0 Å². The van der Waals surface area contributed by atoms with Gasteiger partial charge in [-0.05, 0) is 25.0 Å². The lowest BCUT2D eigenvalue weighted by Crippen LogP contribution is -2.73. The normalized spacial score (nSPS) is 50.5. The predicted octanol–water partition coefficient (Wildman–Crippen LogP) is 0.320. The molecule has 26 heavy (non-hydrogen) atoms. The van der Waals surface area contributed by atoms with Crippen LogP contribution in [0.25, 0.3) is 0 Å². The Morgan fingerprint density at radius 3 is 2.23 bits per heavy atom. The predicted molar refractivity (Wildman–Crippen MR) is 95.0 cm³/mol. The lowest BCUT2D eigenvalue weighted by Gasteiger charge is -2.62. The molecule has 0 saturated heterocycles. The topological polar surface area (TPSA) is 118 Å². The minimum atomic E-state index is -1.87. The van der Waals surface area contributed by atoms with Gasteiger partial charge in [-0.1, -0.05) is 32.9 Å². The molecule has 5 N–H and O–H groups in total. The molecule has 1 fully saturated rings. The Labute approximate surface area is 153 Å². The summed E-state index contributed by atoms with van der Waals surface area (Å²) in [6.45, 7) is 7.91. The second-order valence-corrected chi connectivity index (χ2v) is 9.21. The summed E-state index contributed by atoms with van der Waals surface area (Å²) in [5.74, 6) is -2.89. The summed E-state index contributed by atoms with van der Waals surface area (Å²) in [4.78, 5) is 12.7. The van der Waals surface area contributed by atoms with Crippen molar-refractivity contribution in [3.8, 4) is 0 Å². The zero-order valence-corrected chi connectivity index (χ0v) is 16.0. The molecule has 146 valence electrons. The van der Waals surface area contributed by atoms with Crippen molar-refractivity contribution in [3.05, 3.63) is 23.3 Å². The van der Waals surface area contributed by atoms with Crippen LogP contribution in [-0.2, 0) is 4.79 Å². The van der Waals surface area contributed by atoms with E-state index < -0.39 is 51.9 Å². The minimum Gasteiger partial charge on any atom is -0.392 e. The number of hydrogen-bond acceptors (Lipinski definition) is 6. The highest BCUT2D eigenvalue weighted by Crippen LogP contribution is 2.61. The van der Waals surface area contributed by atoms with Crippen molar-refractivity contribution >= 4 is 5.78 Å². The van der Waals surface area contributed by atoms with Gasteiger partial charge in [0, 0.05) is 29.6 Å². The van der Waals surface area contributed by atoms with Crippen LogP contribution in [0.15, 0.2) is 23.3 Å². The summed E-state index contributed by atoms with van der Waals surface area (Å²) >= 11 is 0. The van der Waals surface area contributed by atoms with E-state index in [9.17, 15) is 30.3 Å². The van der Waals surface area contributed by atoms with Gasteiger partial charge >= 0.3 is 0 Å². The minimum absolute atomic E-state index is 0.0827. The number of hydrogen-bond donors (Lipinski definition) is 5. The van der Waals surface area contributed by atoms with E-state index >= 15 is 0 Å². The summed E-state index contributed by atoms with van der Waals surface area (Å²) in [6, 6.07) is 0. The van der Waals surface area contributed by atoms with E-state index in [1.54, 1.807) is 39.8 Å². The van der Waals surface area contributed by atoms with Gasteiger partial charge in [0.25, 0.3) is 0 Å². The second-order valence-electron chi connectivity index (χ2n) is 9.21. The van der Waals surface area contributed by atoms with Crippen LogP contribution in [0.4, 0.5) is 0 Å². The number of aliphatic hydroxyl groups is 5. The highest BCUT2D eigenvalue weighted by molar-refractivity contribution is 6.04. The summed E-state index contributed by atoms with van der Waals surface area (Å²) in [7, 11) is 0. The Hall–Kier alpha value is -1.05. The third kappa shape index (κ3) is 2.08.